The van der Waals surface area contributed by atoms with Crippen LogP contribution in [0.5, 0.6) is 5.75 Å². The van der Waals surface area contributed by atoms with Crippen LogP contribution in [0.1, 0.15) is 17.9 Å². The van der Waals surface area contributed by atoms with Crippen molar-refractivity contribution in [3.8, 4) is 5.75 Å². The second kappa shape index (κ2) is 9.74. The number of para-hydroxylation sites is 1. The maximum absolute atomic E-state index is 12.8. The predicted molar refractivity (Wildman–Crippen MR) is 109 cm³/mol. The minimum atomic E-state index is -0.250. The SMILES string of the molecule is C=CCNC(=O)C1CC(c2ccccc2)CN(C(=O)COc2ccccc2)C1. The van der Waals surface area contributed by atoms with Crippen LogP contribution in [-0.2, 0) is 9.59 Å². The number of carbonyl (C=O) groups excluding carboxylic acids is 2. The van der Waals surface area contributed by atoms with E-state index in [0.717, 1.165) is 12.0 Å². The highest BCUT2D eigenvalue weighted by Crippen LogP contribution is 2.30. The first-order chi connectivity index (χ1) is 13.7. The zero-order chi connectivity index (χ0) is 19.8. The Bertz CT molecular complexity index is 792. The third kappa shape index (κ3) is 5.22. The minimum absolute atomic E-state index is 0.0352. The summed E-state index contributed by atoms with van der Waals surface area (Å²) < 4.78 is 5.62. The molecule has 1 aliphatic rings. The average Bonchev–Trinajstić information content (AvgIpc) is 2.76. The van der Waals surface area contributed by atoms with Crippen LogP contribution in [0.4, 0.5) is 0 Å². The van der Waals surface area contributed by atoms with Crippen LogP contribution in [0.2, 0.25) is 0 Å². The van der Waals surface area contributed by atoms with Crippen LogP contribution >= 0.6 is 0 Å². The lowest BCUT2D eigenvalue weighted by molar-refractivity contribution is -0.138. The van der Waals surface area contributed by atoms with E-state index in [9.17, 15) is 9.59 Å². The normalized spacial score (nSPS) is 18.9. The fourth-order valence-electron chi connectivity index (χ4n) is 3.53. The van der Waals surface area contributed by atoms with Crippen molar-refractivity contribution in [1.29, 1.82) is 0 Å². The number of ether oxygens (including phenoxy) is 1. The van der Waals surface area contributed by atoms with Gasteiger partial charge in [-0.15, -0.1) is 6.58 Å². The van der Waals surface area contributed by atoms with E-state index in [1.54, 1.807) is 11.0 Å². The second-order valence-corrected chi connectivity index (χ2v) is 6.97. The Hall–Kier alpha value is -3.08. The van der Waals surface area contributed by atoms with Gasteiger partial charge in [-0.3, -0.25) is 9.59 Å². The van der Waals surface area contributed by atoms with E-state index in [-0.39, 0.29) is 30.3 Å². The van der Waals surface area contributed by atoms with Gasteiger partial charge in [-0.1, -0.05) is 54.6 Å². The third-order valence-corrected chi connectivity index (χ3v) is 4.97. The predicted octanol–water partition coefficient (Wildman–Crippen LogP) is 3.00. The number of rotatable bonds is 7. The molecule has 5 heteroatoms. The minimum Gasteiger partial charge on any atom is -0.484 e. The molecule has 28 heavy (non-hydrogen) atoms. The Morgan fingerprint density at radius 3 is 2.43 bits per heavy atom. The lowest BCUT2D eigenvalue weighted by Crippen LogP contribution is -2.49. The lowest BCUT2D eigenvalue weighted by Gasteiger charge is -2.37. The molecule has 2 aromatic rings. The van der Waals surface area contributed by atoms with E-state index in [1.165, 1.54) is 0 Å². The molecule has 0 saturated carbocycles. The van der Waals surface area contributed by atoms with Crippen LogP contribution in [0.15, 0.2) is 73.3 Å². The topological polar surface area (TPSA) is 58.6 Å². The van der Waals surface area contributed by atoms with E-state index in [0.29, 0.717) is 25.4 Å². The fraction of sp³-hybridized carbons (Fsp3) is 0.304. The van der Waals surface area contributed by atoms with E-state index < -0.39 is 0 Å². The van der Waals surface area contributed by atoms with Gasteiger partial charge in [0, 0.05) is 25.6 Å². The van der Waals surface area contributed by atoms with Gasteiger partial charge in [0.05, 0.1) is 5.92 Å². The smallest absolute Gasteiger partial charge is 0.260 e. The molecule has 2 unspecified atom stereocenters. The molecule has 0 aliphatic carbocycles. The molecular weight excluding hydrogens is 352 g/mol. The lowest BCUT2D eigenvalue weighted by atomic mass is 9.84. The van der Waals surface area contributed by atoms with Gasteiger partial charge in [0.1, 0.15) is 5.75 Å². The van der Waals surface area contributed by atoms with E-state index in [1.807, 2.05) is 48.5 Å². The number of piperidine rings is 1. The zero-order valence-electron chi connectivity index (χ0n) is 15.9. The molecule has 1 heterocycles. The number of benzene rings is 2. The molecule has 0 radical (unpaired) electrons. The van der Waals surface area contributed by atoms with Crippen LogP contribution in [0.3, 0.4) is 0 Å². The number of nitrogens with one attached hydrogen (secondary N) is 1. The highest BCUT2D eigenvalue weighted by atomic mass is 16.5. The summed E-state index contributed by atoms with van der Waals surface area (Å²) in [5, 5.41) is 2.87. The Balaban J connectivity index is 1.69. The van der Waals surface area contributed by atoms with Crippen LogP contribution in [0.25, 0.3) is 0 Å². The Labute approximate surface area is 166 Å². The first-order valence-electron chi connectivity index (χ1n) is 9.56. The van der Waals surface area contributed by atoms with Crippen molar-refractivity contribution in [3.05, 3.63) is 78.9 Å². The monoisotopic (exact) mass is 378 g/mol. The van der Waals surface area contributed by atoms with Crippen LogP contribution < -0.4 is 10.1 Å². The Morgan fingerprint density at radius 1 is 1.07 bits per heavy atom. The molecule has 0 spiro atoms. The third-order valence-electron chi connectivity index (χ3n) is 4.97. The van der Waals surface area contributed by atoms with Gasteiger partial charge < -0.3 is 15.0 Å². The molecule has 3 rings (SSSR count). The maximum atomic E-state index is 12.8. The highest BCUT2D eigenvalue weighted by molar-refractivity contribution is 5.82. The average molecular weight is 378 g/mol. The van der Waals surface area contributed by atoms with Crippen molar-refractivity contribution >= 4 is 11.8 Å². The van der Waals surface area contributed by atoms with Crippen molar-refractivity contribution in [2.45, 2.75) is 12.3 Å². The summed E-state index contributed by atoms with van der Waals surface area (Å²) in [6.07, 6.45) is 2.38. The summed E-state index contributed by atoms with van der Waals surface area (Å²) in [6.45, 7) is 5.03. The van der Waals surface area contributed by atoms with Gasteiger partial charge in [-0.2, -0.15) is 0 Å². The van der Waals surface area contributed by atoms with Crippen molar-refractivity contribution in [2.24, 2.45) is 5.92 Å². The van der Waals surface area contributed by atoms with Gasteiger partial charge in [-0.05, 0) is 24.1 Å². The molecule has 2 atom stereocenters. The number of hydrogen-bond donors (Lipinski definition) is 1. The summed E-state index contributed by atoms with van der Waals surface area (Å²) in [6, 6.07) is 19.3. The molecular formula is C23H26N2O3. The van der Waals surface area contributed by atoms with Gasteiger partial charge in [0.2, 0.25) is 5.91 Å². The maximum Gasteiger partial charge on any atom is 0.260 e. The van der Waals surface area contributed by atoms with Gasteiger partial charge in [0.15, 0.2) is 6.61 Å². The van der Waals surface area contributed by atoms with Gasteiger partial charge in [-0.25, -0.2) is 0 Å². The van der Waals surface area contributed by atoms with Crippen molar-refractivity contribution in [2.75, 3.05) is 26.2 Å². The number of amides is 2. The summed E-state index contributed by atoms with van der Waals surface area (Å²) >= 11 is 0. The van der Waals surface area contributed by atoms with E-state index >= 15 is 0 Å². The molecule has 0 bridgehead atoms. The van der Waals surface area contributed by atoms with Crippen LogP contribution in [0, 0.1) is 5.92 Å². The van der Waals surface area contributed by atoms with Crippen molar-refractivity contribution in [3.63, 3.8) is 0 Å². The van der Waals surface area contributed by atoms with Crippen LogP contribution in [-0.4, -0.2) is 43.0 Å². The number of hydrogen-bond acceptors (Lipinski definition) is 3. The standard InChI is InChI=1S/C23H26N2O3/c1-2-13-24-23(27)20-14-19(18-9-5-3-6-10-18)15-25(16-20)22(26)17-28-21-11-7-4-8-12-21/h2-12,19-20H,1,13-17H2,(H,24,27). The molecule has 5 nitrogen and oxygen atoms in total. The molecule has 1 aliphatic heterocycles. The second-order valence-electron chi connectivity index (χ2n) is 6.97. The Kier molecular flexibility index (Phi) is 6.84. The number of nitrogens with zero attached hydrogens (tertiary/aromatic N) is 1. The summed E-state index contributed by atoms with van der Waals surface area (Å²) in [5.74, 6) is 0.385. The number of likely N-dealkylation sites (tertiary alicyclic amines) is 1. The zero-order valence-corrected chi connectivity index (χ0v) is 15.9. The van der Waals surface area contributed by atoms with E-state index in [4.69, 9.17) is 4.74 Å². The Morgan fingerprint density at radius 2 is 1.75 bits per heavy atom. The highest BCUT2D eigenvalue weighted by Gasteiger charge is 2.34. The molecule has 0 aromatic heterocycles. The number of carbonyl (C=O) groups is 2. The first-order valence-corrected chi connectivity index (χ1v) is 9.56. The van der Waals surface area contributed by atoms with Gasteiger partial charge >= 0.3 is 0 Å². The largest absolute Gasteiger partial charge is 0.484 e. The fourth-order valence-corrected chi connectivity index (χ4v) is 3.53. The summed E-state index contributed by atoms with van der Waals surface area (Å²) in [5.41, 5.74) is 1.14. The summed E-state index contributed by atoms with van der Waals surface area (Å²) in [7, 11) is 0. The quantitative estimate of drug-likeness (QED) is 0.754. The molecule has 2 aromatic carbocycles. The molecule has 146 valence electrons. The first kappa shape index (κ1) is 19.7. The van der Waals surface area contributed by atoms with Crippen molar-refractivity contribution < 1.29 is 14.3 Å². The summed E-state index contributed by atoms with van der Waals surface area (Å²) in [4.78, 5) is 27.1. The van der Waals surface area contributed by atoms with Crippen molar-refractivity contribution in [1.82, 2.24) is 10.2 Å². The molecule has 1 saturated heterocycles. The van der Waals surface area contributed by atoms with E-state index in [2.05, 4.69) is 24.0 Å². The van der Waals surface area contributed by atoms with Gasteiger partial charge in [0.25, 0.3) is 5.91 Å². The molecule has 2 amide bonds. The molecule has 1 fully saturated rings. The molecule has 1 N–H and O–H groups in total.